The van der Waals surface area contributed by atoms with Crippen LogP contribution >= 0.6 is 11.3 Å². The Labute approximate surface area is 114 Å². The summed E-state index contributed by atoms with van der Waals surface area (Å²) >= 11 is 1.79. The molecule has 0 radical (unpaired) electrons. The molecule has 0 spiro atoms. The van der Waals surface area contributed by atoms with Gasteiger partial charge >= 0.3 is 0 Å². The molecule has 0 amide bonds. The quantitative estimate of drug-likeness (QED) is 0.907. The first-order valence-electron chi connectivity index (χ1n) is 6.85. The molecule has 1 atom stereocenters. The van der Waals surface area contributed by atoms with E-state index < -0.39 is 0 Å². The Morgan fingerprint density at radius 2 is 2.06 bits per heavy atom. The van der Waals surface area contributed by atoms with Crippen LogP contribution in [0.25, 0.3) is 0 Å². The number of aromatic nitrogens is 2. The van der Waals surface area contributed by atoms with Gasteiger partial charge in [0.05, 0.1) is 6.54 Å². The summed E-state index contributed by atoms with van der Waals surface area (Å²) in [5.41, 5.74) is 0.534. The third-order valence-corrected chi connectivity index (χ3v) is 4.84. The second kappa shape index (κ2) is 4.89. The number of hydrogen-bond acceptors (Lipinski definition) is 4. The Morgan fingerprint density at radius 3 is 2.61 bits per heavy atom. The van der Waals surface area contributed by atoms with Crippen molar-refractivity contribution in [2.24, 2.45) is 5.41 Å². The summed E-state index contributed by atoms with van der Waals surface area (Å²) in [5, 5.41) is 14.6. The van der Waals surface area contributed by atoms with Gasteiger partial charge in [0.2, 0.25) is 0 Å². The van der Waals surface area contributed by atoms with Crippen LogP contribution in [0.2, 0.25) is 0 Å². The van der Waals surface area contributed by atoms with E-state index in [1.807, 2.05) is 0 Å². The normalized spacial score (nSPS) is 23.5. The molecule has 0 saturated heterocycles. The standard InChI is InChI=1S/C14H25N3S/c1-13(2,3)15-9-11-16-17-12(18-11)10-7-6-8-14(10,4)5/h10,15H,6-9H2,1-5H3. The smallest absolute Gasteiger partial charge is 0.131 e. The Kier molecular flexibility index (Phi) is 3.79. The predicted octanol–water partition coefficient (Wildman–Crippen LogP) is 3.72. The Hall–Kier alpha value is -0.480. The van der Waals surface area contributed by atoms with Gasteiger partial charge in [0.1, 0.15) is 10.0 Å². The maximum Gasteiger partial charge on any atom is 0.131 e. The Balaban J connectivity index is 2.02. The highest BCUT2D eigenvalue weighted by atomic mass is 32.1. The highest BCUT2D eigenvalue weighted by Gasteiger charge is 2.37. The summed E-state index contributed by atoms with van der Waals surface area (Å²) in [7, 11) is 0. The number of nitrogens with one attached hydrogen (secondary N) is 1. The zero-order chi connectivity index (χ0) is 13.4. The minimum Gasteiger partial charge on any atom is -0.306 e. The lowest BCUT2D eigenvalue weighted by Crippen LogP contribution is -2.35. The largest absolute Gasteiger partial charge is 0.306 e. The topological polar surface area (TPSA) is 37.8 Å². The molecule has 1 saturated carbocycles. The molecule has 1 aromatic heterocycles. The zero-order valence-electron chi connectivity index (χ0n) is 12.2. The fourth-order valence-corrected chi connectivity index (χ4v) is 3.73. The molecule has 18 heavy (non-hydrogen) atoms. The summed E-state index contributed by atoms with van der Waals surface area (Å²) in [6, 6.07) is 0. The summed E-state index contributed by atoms with van der Waals surface area (Å²) in [6.45, 7) is 12.1. The van der Waals surface area contributed by atoms with Crippen molar-refractivity contribution in [3.63, 3.8) is 0 Å². The van der Waals surface area contributed by atoms with Gasteiger partial charge in [-0.15, -0.1) is 10.2 Å². The highest BCUT2D eigenvalue weighted by molar-refractivity contribution is 7.11. The Morgan fingerprint density at radius 1 is 1.33 bits per heavy atom. The number of hydrogen-bond donors (Lipinski definition) is 1. The van der Waals surface area contributed by atoms with Gasteiger partial charge in [0.25, 0.3) is 0 Å². The molecule has 0 bridgehead atoms. The van der Waals surface area contributed by atoms with Gasteiger partial charge in [-0.1, -0.05) is 31.6 Å². The maximum absolute atomic E-state index is 4.42. The molecule has 1 aromatic rings. The molecule has 1 unspecified atom stereocenters. The summed E-state index contributed by atoms with van der Waals surface area (Å²) in [5.74, 6) is 0.610. The van der Waals surface area contributed by atoms with Gasteiger partial charge in [-0.3, -0.25) is 0 Å². The van der Waals surface area contributed by atoms with Gasteiger partial charge in [-0.25, -0.2) is 0 Å². The van der Waals surface area contributed by atoms with Crippen molar-refractivity contribution in [3.8, 4) is 0 Å². The average Bonchev–Trinajstić information content (AvgIpc) is 2.79. The predicted molar refractivity (Wildman–Crippen MR) is 76.9 cm³/mol. The SMILES string of the molecule is CC(C)(C)NCc1nnc(C2CCCC2(C)C)s1. The van der Waals surface area contributed by atoms with E-state index in [2.05, 4.69) is 50.1 Å². The fraction of sp³-hybridized carbons (Fsp3) is 0.857. The van der Waals surface area contributed by atoms with Crippen molar-refractivity contribution >= 4 is 11.3 Å². The molecule has 0 aromatic carbocycles. The van der Waals surface area contributed by atoms with Crippen LogP contribution < -0.4 is 5.32 Å². The first-order chi connectivity index (χ1) is 8.28. The summed E-state index contributed by atoms with van der Waals surface area (Å²) < 4.78 is 0. The lowest BCUT2D eigenvalue weighted by molar-refractivity contribution is 0.330. The van der Waals surface area contributed by atoms with E-state index in [1.165, 1.54) is 24.3 Å². The molecule has 1 N–H and O–H groups in total. The molecule has 2 rings (SSSR count). The van der Waals surface area contributed by atoms with Crippen molar-refractivity contribution in [1.82, 2.24) is 15.5 Å². The molecule has 102 valence electrons. The van der Waals surface area contributed by atoms with Gasteiger partial charge in [0.15, 0.2) is 0 Å². The van der Waals surface area contributed by atoms with Crippen LogP contribution in [-0.4, -0.2) is 15.7 Å². The van der Waals surface area contributed by atoms with Crippen LogP contribution in [0.5, 0.6) is 0 Å². The van der Waals surface area contributed by atoms with E-state index in [0.717, 1.165) is 11.6 Å². The first-order valence-corrected chi connectivity index (χ1v) is 7.67. The second-order valence-electron chi connectivity index (χ2n) is 7.07. The minimum atomic E-state index is 0.137. The van der Waals surface area contributed by atoms with Crippen molar-refractivity contribution in [2.45, 2.75) is 71.9 Å². The van der Waals surface area contributed by atoms with E-state index >= 15 is 0 Å². The number of nitrogens with zero attached hydrogens (tertiary/aromatic N) is 2. The lowest BCUT2D eigenvalue weighted by Gasteiger charge is -2.24. The first kappa shape index (κ1) is 13.9. The fourth-order valence-electron chi connectivity index (χ4n) is 2.60. The third-order valence-electron chi connectivity index (χ3n) is 3.81. The van der Waals surface area contributed by atoms with Gasteiger partial charge in [-0.2, -0.15) is 0 Å². The molecular formula is C14H25N3S. The third kappa shape index (κ3) is 3.29. The molecule has 1 aliphatic carbocycles. The van der Waals surface area contributed by atoms with E-state index in [0.29, 0.717) is 11.3 Å². The molecule has 1 fully saturated rings. The zero-order valence-corrected chi connectivity index (χ0v) is 13.0. The van der Waals surface area contributed by atoms with Gasteiger partial charge in [-0.05, 0) is 39.0 Å². The van der Waals surface area contributed by atoms with Crippen molar-refractivity contribution in [2.75, 3.05) is 0 Å². The average molecular weight is 267 g/mol. The Bertz CT molecular complexity index is 403. The number of rotatable bonds is 3. The van der Waals surface area contributed by atoms with Gasteiger partial charge < -0.3 is 5.32 Å². The van der Waals surface area contributed by atoms with Crippen LogP contribution in [0.15, 0.2) is 0 Å². The molecule has 1 heterocycles. The van der Waals surface area contributed by atoms with Crippen LogP contribution in [0.4, 0.5) is 0 Å². The van der Waals surface area contributed by atoms with Crippen molar-refractivity contribution in [3.05, 3.63) is 10.0 Å². The van der Waals surface area contributed by atoms with Crippen molar-refractivity contribution < 1.29 is 0 Å². The van der Waals surface area contributed by atoms with E-state index in [9.17, 15) is 0 Å². The van der Waals surface area contributed by atoms with Gasteiger partial charge in [0, 0.05) is 11.5 Å². The minimum absolute atomic E-state index is 0.137. The molecule has 0 aliphatic heterocycles. The molecule has 3 nitrogen and oxygen atoms in total. The monoisotopic (exact) mass is 267 g/mol. The maximum atomic E-state index is 4.42. The van der Waals surface area contributed by atoms with E-state index in [-0.39, 0.29) is 5.54 Å². The van der Waals surface area contributed by atoms with Crippen molar-refractivity contribution in [1.29, 1.82) is 0 Å². The molecule has 4 heteroatoms. The van der Waals surface area contributed by atoms with Crippen LogP contribution in [0, 0.1) is 5.41 Å². The molecular weight excluding hydrogens is 242 g/mol. The van der Waals surface area contributed by atoms with Crippen LogP contribution in [0.1, 0.15) is 69.8 Å². The van der Waals surface area contributed by atoms with E-state index in [4.69, 9.17) is 0 Å². The van der Waals surface area contributed by atoms with E-state index in [1.54, 1.807) is 11.3 Å². The van der Waals surface area contributed by atoms with Crippen LogP contribution in [0.3, 0.4) is 0 Å². The second-order valence-corrected chi connectivity index (χ2v) is 8.16. The summed E-state index contributed by atoms with van der Waals surface area (Å²) in [6.07, 6.45) is 3.91. The van der Waals surface area contributed by atoms with Crippen LogP contribution in [-0.2, 0) is 6.54 Å². The summed E-state index contributed by atoms with van der Waals surface area (Å²) in [4.78, 5) is 0. The molecule has 1 aliphatic rings. The lowest BCUT2D eigenvalue weighted by atomic mass is 9.82. The highest BCUT2D eigenvalue weighted by Crippen LogP contribution is 2.49.